The second-order valence-electron chi connectivity index (χ2n) is 9.11. The maximum absolute atomic E-state index is 12.9. The van der Waals surface area contributed by atoms with Crippen LogP contribution in [0.15, 0.2) is 48.5 Å². The van der Waals surface area contributed by atoms with Crippen molar-refractivity contribution in [3.8, 4) is 11.1 Å². The first-order valence-corrected chi connectivity index (χ1v) is 12.1. The van der Waals surface area contributed by atoms with Crippen LogP contribution < -0.4 is 5.32 Å². The number of carbonyl (C=O) groups is 3. The molecule has 0 spiro atoms. The van der Waals surface area contributed by atoms with Crippen LogP contribution in [0.3, 0.4) is 0 Å². The highest BCUT2D eigenvalue weighted by molar-refractivity contribution is 5.88. The van der Waals surface area contributed by atoms with Crippen molar-refractivity contribution in [2.24, 2.45) is 0 Å². The molecule has 2 unspecified atom stereocenters. The van der Waals surface area contributed by atoms with Crippen LogP contribution >= 0.6 is 0 Å². The molecule has 0 saturated carbocycles. The van der Waals surface area contributed by atoms with E-state index in [2.05, 4.69) is 29.6 Å². The van der Waals surface area contributed by atoms with Gasteiger partial charge in [-0.15, -0.1) is 0 Å². The molecule has 2 aromatic carbocycles. The molecule has 1 saturated heterocycles. The lowest BCUT2D eigenvalue weighted by atomic mass is 9.92. The van der Waals surface area contributed by atoms with Crippen molar-refractivity contribution in [3.05, 3.63) is 59.7 Å². The largest absolute Gasteiger partial charge is 0.479 e. The third-order valence-electron chi connectivity index (χ3n) is 7.33. The van der Waals surface area contributed by atoms with E-state index < -0.39 is 23.7 Å². The first kappa shape index (κ1) is 24.7. The van der Waals surface area contributed by atoms with Gasteiger partial charge in [0.15, 0.2) is 0 Å². The number of aliphatic carboxylic acids is 1. The van der Waals surface area contributed by atoms with Crippen LogP contribution in [-0.4, -0.2) is 66.4 Å². The number of ether oxygens (including phenoxy) is 2. The van der Waals surface area contributed by atoms with Crippen LogP contribution in [0.5, 0.6) is 0 Å². The molecular formula is C27H32N2O6. The van der Waals surface area contributed by atoms with Crippen molar-refractivity contribution in [3.63, 3.8) is 0 Å². The number of alkyl carbamates (subject to hydrolysis) is 1. The molecule has 0 bridgehead atoms. The summed E-state index contributed by atoms with van der Waals surface area (Å²) in [4.78, 5) is 38.7. The number of nitrogens with zero attached hydrogens (tertiary/aromatic N) is 1. The molecule has 2 aromatic rings. The van der Waals surface area contributed by atoms with E-state index >= 15 is 0 Å². The summed E-state index contributed by atoms with van der Waals surface area (Å²) in [6.07, 6.45) is 0.253. The summed E-state index contributed by atoms with van der Waals surface area (Å²) in [5.41, 5.74) is 3.41. The number of carbonyl (C=O) groups excluding carboxylic acids is 2. The van der Waals surface area contributed by atoms with Gasteiger partial charge in [-0.25, -0.2) is 9.59 Å². The molecule has 1 heterocycles. The van der Waals surface area contributed by atoms with Gasteiger partial charge in [-0.3, -0.25) is 4.79 Å². The smallest absolute Gasteiger partial charge is 0.407 e. The fourth-order valence-electron chi connectivity index (χ4n) is 5.37. The summed E-state index contributed by atoms with van der Waals surface area (Å²) in [6.45, 7) is 2.47. The quantitative estimate of drug-likeness (QED) is 0.566. The Kier molecular flexibility index (Phi) is 7.40. The molecule has 0 aromatic heterocycles. The number of fused-ring (bicyclic) bond motifs is 3. The summed E-state index contributed by atoms with van der Waals surface area (Å²) in [6, 6.07) is 16.2. The van der Waals surface area contributed by atoms with Gasteiger partial charge in [-0.2, -0.15) is 0 Å². The minimum Gasteiger partial charge on any atom is -0.479 e. The highest BCUT2D eigenvalue weighted by atomic mass is 16.5. The zero-order valence-electron chi connectivity index (χ0n) is 20.2. The average molecular weight is 481 g/mol. The Labute approximate surface area is 205 Å². The summed E-state index contributed by atoms with van der Waals surface area (Å²) >= 11 is 0. The summed E-state index contributed by atoms with van der Waals surface area (Å²) < 4.78 is 10.9. The molecule has 4 rings (SSSR count). The maximum atomic E-state index is 12.9. The van der Waals surface area contributed by atoms with Gasteiger partial charge in [0.2, 0.25) is 5.91 Å². The van der Waals surface area contributed by atoms with Gasteiger partial charge in [0.05, 0.1) is 12.5 Å². The summed E-state index contributed by atoms with van der Waals surface area (Å²) in [5.74, 6) is -1.30. The van der Waals surface area contributed by atoms with Crippen molar-refractivity contribution in [2.45, 2.75) is 50.2 Å². The zero-order chi connectivity index (χ0) is 25.0. The molecule has 8 nitrogen and oxygen atoms in total. The molecule has 1 fully saturated rings. The molecule has 1 aliphatic carbocycles. The second kappa shape index (κ2) is 10.5. The van der Waals surface area contributed by atoms with Crippen LogP contribution in [0.4, 0.5) is 4.79 Å². The van der Waals surface area contributed by atoms with Crippen LogP contribution in [0.1, 0.15) is 49.7 Å². The predicted octanol–water partition coefficient (Wildman–Crippen LogP) is 3.79. The van der Waals surface area contributed by atoms with Crippen molar-refractivity contribution in [1.29, 1.82) is 0 Å². The number of methoxy groups -OCH3 is 1. The number of hydrogen-bond donors (Lipinski definition) is 2. The lowest BCUT2D eigenvalue weighted by molar-refractivity contribution is -0.157. The van der Waals surface area contributed by atoms with Crippen LogP contribution in [0, 0.1) is 0 Å². The van der Waals surface area contributed by atoms with Gasteiger partial charge in [0, 0.05) is 26.1 Å². The van der Waals surface area contributed by atoms with Gasteiger partial charge in [0.25, 0.3) is 0 Å². The van der Waals surface area contributed by atoms with E-state index in [4.69, 9.17) is 9.47 Å². The minimum absolute atomic E-state index is 0.0187. The number of rotatable bonds is 9. The first-order valence-electron chi connectivity index (χ1n) is 12.1. The molecule has 2 amide bonds. The molecule has 2 atom stereocenters. The van der Waals surface area contributed by atoms with Gasteiger partial charge in [-0.1, -0.05) is 55.5 Å². The third-order valence-corrected chi connectivity index (χ3v) is 7.33. The lowest BCUT2D eigenvalue weighted by Crippen LogP contribution is -2.53. The normalized spacial score (nSPS) is 19.7. The fourth-order valence-corrected chi connectivity index (χ4v) is 5.37. The molecule has 35 heavy (non-hydrogen) atoms. The number of likely N-dealkylation sites (tertiary alicyclic amines) is 1. The van der Waals surface area contributed by atoms with Gasteiger partial charge in [0.1, 0.15) is 12.1 Å². The van der Waals surface area contributed by atoms with Crippen LogP contribution in [0.2, 0.25) is 0 Å². The molecule has 0 radical (unpaired) electrons. The molecule has 2 N–H and O–H groups in total. The topological polar surface area (TPSA) is 105 Å². The Balaban J connectivity index is 1.31. The van der Waals surface area contributed by atoms with E-state index in [0.29, 0.717) is 25.8 Å². The second-order valence-corrected chi connectivity index (χ2v) is 9.11. The molecule has 186 valence electrons. The van der Waals surface area contributed by atoms with Crippen molar-refractivity contribution in [2.75, 3.05) is 26.8 Å². The van der Waals surface area contributed by atoms with Gasteiger partial charge in [-0.05, 0) is 41.5 Å². The van der Waals surface area contributed by atoms with Crippen molar-refractivity contribution in [1.82, 2.24) is 10.2 Å². The lowest BCUT2D eigenvalue weighted by Gasteiger charge is -2.34. The Bertz CT molecular complexity index is 1060. The van der Waals surface area contributed by atoms with E-state index in [1.807, 2.05) is 24.3 Å². The van der Waals surface area contributed by atoms with E-state index in [-0.39, 0.29) is 31.4 Å². The van der Waals surface area contributed by atoms with E-state index in [1.165, 1.54) is 12.0 Å². The number of hydrogen-bond acceptors (Lipinski definition) is 5. The maximum Gasteiger partial charge on any atom is 0.407 e. The highest BCUT2D eigenvalue weighted by Crippen LogP contribution is 2.44. The molecule has 1 aliphatic heterocycles. The Morgan fingerprint density at radius 2 is 1.74 bits per heavy atom. The Morgan fingerprint density at radius 3 is 2.31 bits per heavy atom. The predicted molar refractivity (Wildman–Crippen MR) is 130 cm³/mol. The van der Waals surface area contributed by atoms with E-state index in [9.17, 15) is 19.5 Å². The van der Waals surface area contributed by atoms with Gasteiger partial charge < -0.3 is 24.8 Å². The van der Waals surface area contributed by atoms with Crippen molar-refractivity contribution >= 4 is 18.0 Å². The number of carboxylic acids is 1. The first-order chi connectivity index (χ1) is 16.9. The SMILES string of the molecule is CCC1(C(=O)O)CCCN1C(=O)CC(CNC(=O)OCC1c2ccccc2-c2ccccc21)OC. The molecule has 2 aliphatic rings. The number of amides is 2. The van der Waals surface area contributed by atoms with Crippen LogP contribution in [0.25, 0.3) is 11.1 Å². The van der Waals surface area contributed by atoms with E-state index in [0.717, 1.165) is 22.3 Å². The monoisotopic (exact) mass is 480 g/mol. The van der Waals surface area contributed by atoms with Crippen LogP contribution in [-0.2, 0) is 19.1 Å². The fraction of sp³-hybridized carbons (Fsp3) is 0.444. The zero-order valence-corrected chi connectivity index (χ0v) is 20.2. The standard InChI is InChI=1S/C27H32N2O6/c1-3-27(25(31)32)13-8-14-29(27)24(30)15-18(34-2)16-28-26(33)35-17-23-21-11-6-4-9-19(21)20-10-5-7-12-22(20)23/h4-7,9-12,18,23H,3,8,13-17H2,1-2H3,(H,28,33)(H,31,32). The van der Waals surface area contributed by atoms with Gasteiger partial charge >= 0.3 is 12.1 Å². The Hall–Kier alpha value is -3.39. The Morgan fingerprint density at radius 1 is 1.11 bits per heavy atom. The minimum atomic E-state index is -1.16. The summed E-state index contributed by atoms with van der Waals surface area (Å²) in [7, 11) is 1.46. The third kappa shape index (κ3) is 4.75. The molecular weight excluding hydrogens is 448 g/mol. The molecule has 8 heteroatoms. The number of carboxylic acid groups (broad SMARTS) is 1. The summed E-state index contributed by atoms with van der Waals surface area (Å²) in [5, 5.41) is 12.4. The number of nitrogens with one attached hydrogen (secondary N) is 1. The average Bonchev–Trinajstić information content (AvgIpc) is 3.45. The van der Waals surface area contributed by atoms with Crippen molar-refractivity contribution < 1.29 is 29.0 Å². The number of benzene rings is 2. The van der Waals surface area contributed by atoms with E-state index in [1.54, 1.807) is 6.92 Å². The highest BCUT2D eigenvalue weighted by Gasteiger charge is 2.48.